The summed E-state index contributed by atoms with van der Waals surface area (Å²) in [6.45, 7) is 3.89. The minimum absolute atomic E-state index is 0.738. The lowest BCUT2D eigenvalue weighted by Gasteiger charge is -2.00. The van der Waals surface area contributed by atoms with E-state index in [4.69, 9.17) is 15.6 Å². The molecule has 0 aliphatic carbocycles. The van der Waals surface area contributed by atoms with Crippen LogP contribution in [0.5, 0.6) is 0 Å². The molecule has 0 saturated heterocycles. The van der Waals surface area contributed by atoms with Crippen molar-refractivity contribution in [3.8, 4) is 11.4 Å². The van der Waals surface area contributed by atoms with Crippen LogP contribution < -0.4 is 14.5 Å². The molecule has 0 amide bonds. The number of allylic oxidation sites excluding steroid dienone is 1. The van der Waals surface area contributed by atoms with Gasteiger partial charge in [0.1, 0.15) is 18.9 Å². The highest BCUT2D eigenvalue weighted by atomic mass is 31.1. The topological polar surface area (TPSA) is 64.7 Å². The Labute approximate surface area is 153 Å². The third kappa shape index (κ3) is 2.78. The van der Waals surface area contributed by atoms with Crippen LogP contribution in [0.4, 0.5) is 0 Å². The monoisotopic (exact) mass is 364 g/mol. The summed E-state index contributed by atoms with van der Waals surface area (Å²) in [7, 11) is 0.977. The third-order valence-corrected chi connectivity index (χ3v) is 5.93. The largest absolute Gasteiger partial charge is 0.403 e. The van der Waals surface area contributed by atoms with Gasteiger partial charge < -0.3 is 5.73 Å². The second-order valence-electron chi connectivity index (χ2n) is 6.33. The molecule has 0 aromatic carbocycles. The Morgan fingerprint density at radius 2 is 1.96 bits per heavy atom. The number of fused-ring (bicyclic) bond motifs is 1. The summed E-state index contributed by atoms with van der Waals surface area (Å²) in [5, 5.41) is 4.77. The molecule has 7 heteroatoms. The maximum Gasteiger partial charge on any atom is 0.403 e. The van der Waals surface area contributed by atoms with Gasteiger partial charge in [-0.15, -0.1) is 4.45 Å². The van der Waals surface area contributed by atoms with E-state index in [1.165, 1.54) is 0 Å². The van der Waals surface area contributed by atoms with Crippen molar-refractivity contribution in [3.63, 3.8) is 0 Å². The van der Waals surface area contributed by atoms with Gasteiger partial charge in [-0.2, -0.15) is 13.8 Å². The minimum atomic E-state index is -1.07. The average Bonchev–Trinajstić information content (AvgIpc) is 3.16. The van der Waals surface area contributed by atoms with E-state index in [9.17, 15) is 0 Å². The zero-order valence-corrected chi connectivity index (χ0v) is 15.9. The maximum absolute atomic E-state index is 5.91. The fourth-order valence-corrected chi connectivity index (χ4v) is 4.88. The first-order chi connectivity index (χ1) is 12.5. The van der Waals surface area contributed by atoms with Gasteiger partial charge in [0.2, 0.25) is 11.4 Å². The van der Waals surface area contributed by atoms with E-state index >= 15 is 0 Å². The van der Waals surface area contributed by atoms with Crippen molar-refractivity contribution in [1.82, 2.24) is 14.3 Å². The molecule has 4 aromatic heterocycles. The molecule has 4 rings (SSSR count). The Bertz CT molecular complexity index is 1130. The summed E-state index contributed by atoms with van der Waals surface area (Å²) >= 11 is 0. The molecule has 0 aliphatic heterocycles. The van der Waals surface area contributed by atoms with Crippen LogP contribution in [0.15, 0.2) is 60.6 Å². The predicted octanol–water partition coefficient (Wildman–Crippen LogP) is 2.43. The highest BCUT2D eigenvalue weighted by Gasteiger charge is 2.27. The van der Waals surface area contributed by atoms with Crippen molar-refractivity contribution in [3.05, 3.63) is 71.9 Å². The van der Waals surface area contributed by atoms with Gasteiger partial charge in [-0.1, -0.05) is 6.07 Å². The van der Waals surface area contributed by atoms with E-state index in [-0.39, 0.29) is 0 Å². The smallest absolute Gasteiger partial charge is 0.402 e. The lowest BCUT2D eigenvalue weighted by molar-refractivity contribution is -0.660. The quantitative estimate of drug-likeness (QED) is 0.568. The zero-order valence-electron chi connectivity index (χ0n) is 15.0. The van der Waals surface area contributed by atoms with Crippen LogP contribution in [-0.2, 0) is 7.05 Å². The van der Waals surface area contributed by atoms with E-state index < -0.39 is 8.00 Å². The van der Waals surface area contributed by atoms with Gasteiger partial charge >= 0.3 is 8.00 Å². The van der Waals surface area contributed by atoms with Crippen molar-refractivity contribution >= 4 is 19.6 Å². The predicted molar refractivity (Wildman–Crippen MR) is 102 cm³/mol. The molecule has 0 spiro atoms. The molecule has 0 radical (unpaired) electrons. The Morgan fingerprint density at radius 3 is 2.73 bits per heavy atom. The van der Waals surface area contributed by atoms with Crippen LogP contribution in [0, 0.1) is 6.92 Å². The van der Waals surface area contributed by atoms with Crippen molar-refractivity contribution in [2.24, 2.45) is 12.8 Å². The number of rotatable bonds is 3. The van der Waals surface area contributed by atoms with E-state index in [0.29, 0.717) is 0 Å². The van der Waals surface area contributed by atoms with E-state index in [0.717, 1.165) is 34.0 Å². The molecule has 0 saturated carbocycles. The lowest BCUT2D eigenvalue weighted by Crippen LogP contribution is -2.30. The summed E-state index contributed by atoms with van der Waals surface area (Å²) in [6, 6.07) is 14.4. The summed E-state index contributed by atoms with van der Waals surface area (Å²) in [5.74, 6) is 0. The fourth-order valence-electron chi connectivity index (χ4n) is 3.03. The average molecular weight is 364 g/mol. The molecule has 0 aliphatic rings. The second kappa shape index (κ2) is 6.39. The molecule has 6 nitrogen and oxygen atoms in total. The third-order valence-electron chi connectivity index (χ3n) is 4.16. The highest BCUT2D eigenvalue weighted by molar-refractivity contribution is 7.36. The molecular weight excluding hydrogens is 343 g/mol. The Kier molecular flexibility index (Phi) is 4.05. The van der Waals surface area contributed by atoms with Crippen molar-refractivity contribution < 1.29 is 8.73 Å². The second-order valence-corrected chi connectivity index (χ2v) is 7.88. The molecule has 0 bridgehead atoms. The first kappa shape index (κ1) is 16.5. The highest BCUT2D eigenvalue weighted by Crippen LogP contribution is 2.30. The van der Waals surface area contributed by atoms with Crippen LogP contribution in [0.1, 0.15) is 18.3 Å². The first-order valence-corrected chi connectivity index (χ1v) is 9.60. The van der Waals surface area contributed by atoms with Gasteiger partial charge in [-0.25, -0.2) is 0 Å². The number of hydrogen-bond acceptors (Lipinski definition) is 3. The maximum atomic E-state index is 5.91. The van der Waals surface area contributed by atoms with Crippen molar-refractivity contribution in [1.29, 1.82) is 0 Å². The molecule has 1 unspecified atom stereocenters. The first-order valence-electron chi connectivity index (χ1n) is 8.40. The molecule has 4 aromatic rings. The normalized spacial score (nSPS) is 12.7. The Morgan fingerprint density at radius 1 is 1.19 bits per heavy atom. The standard InChI is InChI=1S/C19H21N6P/c1-14(20)12-16-17-8-5-7-11-24(17)26(22-16)25-19(13-15(2)21-25)18-9-4-6-10-23(18)3/h4-13H,20H2,1-3H3/q+2. The van der Waals surface area contributed by atoms with Gasteiger partial charge in [-0.05, 0) is 42.9 Å². The van der Waals surface area contributed by atoms with Crippen molar-refractivity contribution in [2.45, 2.75) is 13.8 Å². The lowest BCUT2D eigenvalue weighted by atomic mass is 10.2. The number of aryl methyl sites for hydroxylation is 2. The molecule has 0 fully saturated rings. The van der Waals surface area contributed by atoms with Crippen LogP contribution >= 0.6 is 8.00 Å². The Hall–Kier alpha value is -2.98. The van der Waals surface area contributed by atoms with Gasteiger partial charge in [-0.3, -0.25) is 0 Å². The number of nitrogens with two attached hydrogens (primary N) is 1. The van der Waals surface area contributed by atoms with E-state index in [1.807, 2.05) is 61.9 Å². The molecule has 1 atom stereocenters. The van der Waals surface area contributed by atoms with E-state index in [2.05, 4.69) is 33.1 Å². The van der Waals surface area contributed by atoms with Crippen LogP contribution in [-0.4, -0.2) is 14.3 Å². The summed E-state index contributed by atoms with van der Waals surface area (Å²) in [4.78, 5) is 0. The number of aromatic nitrogens is 5. The van der Waals surface area contributed by atoms with Gasteiger partial charge in [0.05, 0.1) is 5.69 Å². The number of nitrogens with zero attached hydrogens (tertiary/aromatic N) is 5. The van der Waals surface area contributed by atoms with Crippen LogP contribution in [0.3, 0.4) is 0 Å². The van der Waals surface area contributed by atoms with Crippen LogP contribution in [0.25, 0.3) is 23.0 Å². The Balaban J connectivity index is 2.01. The molecule has 4 heterocycles. The molecule has 130 valence electrons. The van der Waals surface area contributed by atoms with Crippen LogP contribution in [0.2, 0.25) is 0 Å². The van der Waals surface area contributed by atoms with Gasteiger partial charge in [0.15, 0.2) is 11.7 Å². The summed E-state index contributed by atoms with van der Waals surface area (Å²) in [5.41, 5.74) is 11.7. The molecule has 2 N–H and O–H groups in total. The number of pyridine rings is 2. The fraction of sp³-hybridized carbons (Fsp3) is 0.158. The minimum Gasteiger partial charge on any atom is -0.402 e. The number of hydrogen-bond donors (Lipinski definition) is 1. The van der Waals surface area contributed by atoms with E-state index in [1.54, 1.807) is 0 Å². The van der Waals surface area contributed by atoms with Gasteiger partial charge in [0, 0.05) is 23.9 Å². The molecular formula is C19H21N6P+2. The van der Waals surface area contributed by atoms with Gasteiger partial charge in [0.25, 0.3) is 0 Å². The zero-order chi connectivity index (χ0) is 18.3. The summed E-state index contributed by atoms with van der Waals surface area (Å²) in [6.07, 6.45) is 6.02. The SMILES string of the molecule is CC(N)=Cc1np(-n2nc(C)cc2-c2cccc[n+]2C)[n+]2ccccc12. The molecule has 26 heavy (non-hydrogen) atoms. The summed E-state index contributed by atoms with van der Waals surface area (Å²) < 4.78 is 11.3. The van der Waals surface area contributed by atoms with Crippen molar-refractivity contribution in [2.75, 3.05) is 0 Å².